The van der Waals surface area contributed by atoms with Crippen molar-refractivity contribution < 1.29 is 4.74 Å². The lowest BCUT2D eigenvalue weighted by molar-refractivity contribution is -0.0695. The van der Waals surface area contributed by atoms with Crippen LogP contribution in [0.25, 0.3) is 11.3 Å². The van der Waals surface area contributed by atoms with Crippen LogP contribution in [0.2, 0.25) is 0 Å². The zero-order chi connectivity index (χ0) is 13.8. The molecule has 3 rings (SSSR count). The normalized spacial score (nSPS) is 16.9. The molecule has 1 aliphatic rings. The monoisotopic (exact) mass is 271 g/mol. The summed E-state index contributed by atoms with van der Waals surface area (Å²) in [5.41, 5.74) is 3.53. The van der Waals surface area contributed by atoms with E-state index in [0.717, 1.165) is 31.6 Å². The van der Waals surface area contributed by atoms with Gasteiger partial charge in [0, 0.05) is 25.8 Å². The first kappa shape index (κ1) is 13.3. The maximum atomic E-state index is 5.62. The molecule has 4 heteroatoms. The Hall–Kier alpha value is -1.65. The second-order valence-corrected chi connectivity index (χ2v) is 5.48. The molecule has 2 aromatic rings. The van der Waals surface area contributed by atoms with E-state index in [4.69, 9.17) is 4.74 Å². The fourth-order valence-corrected chi connectivity index (χ4v) is 2.75. The smallest absolute Gasteiger partial charge is 0.0802 e. The number of hydrogen-bond acceptors (Lipinski definition) is 3. The Kier molecular flexibility index (Phi) is 3.85. The summed E-state index contributed by atoms with van der Waals surface area (Å²) in [6.07, 6.45) is 5.49. The van der Waals surface area contributed by atoms with Crippen LogP contribution in [0, 0.1) is 0 Å². The Morgan fingerprint density at radius 3 is 2.75 bits per heavy atom. The van der Waals surface area contributed by atoms with Crippen molar-refractivity contribution in [2.75, 3.05) is 13.7 Å². The number of nitrogens with zero attached hydrogens (tertiary/aromatic N) is 1. The molecule has 0 atom stereocenters. The van der Waals surface area contributed by atoms with Crippen LogP contribution in [-0.4, -0.2) is 29.5 Å². The molecule has 4 nitrogen and oxygen atoms in total. The molecule has 1 fully saturated rings. The van der Waals surface area contributed by atoms with Crippen molar-refractivity contribution in [1.82, 2.24) is 15.5 Å². The summed E-state index contributed by atoms with van der Waals surface area (Å²) < 4.78 is 5.62. The number of nitrogens with one attached hydrogen (secondary N) is 2. The number of aromatic nitrogens is 2. The third-order valence-electron chi connectivity index (χ3n) is 4.24. The van der Waals surface area contributed by atoms with E-state index >= 15 is 0 Å². The van der Waals surface area contributed by atoms with Crippen molar-refractivity contribution in [1.29, 1.82) is 0 Å². The number of aromatic amines is 1. The van der Waals surface area contributed by atoms with Gasteiger partial charge in [-0.3, -0.25) is 5.10 Å². The molecule has 0 aliphatic heterocycles. The first-order valence-corrected chi connectivity index (χ1v) is 7.16. The van der Waals surface area contributed by atoms with Crippen molar-refractivity contribution in [3.8, 4) is 11.3 Å². The molecule has 106 valence electrons. The topological polar surface area (TPSA) is 49.9 Å². The Balaban J connectivity index is 1.63. The van der Waals surface area contributed by atoms with E-state index < -0.39 is 0 Å². The van der Waals surface area contributed by atoms with E-state index in [2.05, 4.69) is 27.6 Å². The Morgan fingerprint density at radius 2 is 2.10 bits per heavy atom. The molecule has 1 heterocycles. The van der Waals surface area contributed by atoms with Crippen LogP contribution in [0.4, 0.5) is 0 Å². The minimum absolute atomic E-state index is 0.0661. The molecule has 0 radical (unpaired) electrons. The Bertz CT molecular complexity index is 540. The van der Waals surface area contributed by atoms with Gasteiger partial charge in [0.15, 0.2) is 0 Å². The highest BCUT2D eigenvalue weighted by atomic mass is 16.5. The average Bonchev–Trinajstić information content (AvgIpc) is 2.91. The van der Waals surface area contributed by atoms with Crippen LogP contribution >= 0.6 is 0 Å². The van der Waals surface area contributed by atoms with E-state index in [1.165, 1.54) is 17.5 Å². The zero-order valence-electron chi connectivity index (χ0n) is 11.9. The molecule has 20 heavy (non-hydrogen) atoms. The van der Waals surface area contributed by atoms with Gasteiger partial charge in [0.1, 0.15) is 0 Å². The van der Waals surface area contributed by atoms with Gasteiger partial charge in [-0.1, -0.05) is 30.3 Å². The van der Waals surface area contributed by atoms with E-state index in [1.54, 1.807) is 0 Å². The van der Waals surface area contributed by atoms with Crippen molar-refractivity contribution in [2.45, 2.75) is 31.4 Å². The Labute approximate surface area is 119 Å². The van der Waals surface area contributed by atoms with Gasteiger partial charge in [-0.2, -0.15) is 5.10 Å². The van der Waals surface area contributed by atoms with Gasteiger partial charge in [0.25, 0.3) is 0 Å². The van der Waals surface area contributed by atoms with Crippen LogP contribution in [0.3, 0.4) is 0 Å². The first-order chi connectivity index (χ1) is 9.83. The first-order valence-electron chi connectivity index (χ1n) is 7.16. The molecular weight excluding hydrogens is 250 g/mol. The molecule has 2 N–H and O–H groups in total. The quantitative estimate of drug-likeness (QED) is 0.849. The summed E-state index contributed by atoms with van der Waals surface area (Å²) in [5.74, 6) is 0. The summed E-state index contributed by atoms with van der Waals surface area (Å²) in [7, 11) is 1.81. The average molecular weight is 271 g/mol. The summed E-state index contributed by atoms with van der Waals surface area (Å²) in [4.78, 5) is 0. The van der Waals surface area contributed by atoms with Crippen LogP contribution in [0.5, 0.6) is 0 Å². The molecule has 1 aliphatic carbocycles. The summed E-state index contributed by atoms with van der Waals surface area (Å²) in [6.45, 7) is 1.72. The highest BCUT2D eigenvalue weighted by molar-refractivity contribution is 5.62. The number of H-pyrrole nitrogens is 1. The van der Waals surface area contributed by atoms with E-state index in [9.17, 15) is 0 Å². The minimum Gasteiger partial charge on any atom is -0.377 e. The van der Waals surface area contributed by atoms with Gasteiger partial charge < -0.3 is 10.1 Å². The van der Waals surface area contributed by atoms with Gasteiger partial charge in [-0.15, -0.1) is 0 Å². The van der Waals surface area contributed by atoms with Crippen molar-refractivity contribution >= 4 is 0 Å². The lowest BCUT2D eigenvalue weighted by atomic mass is 9.80. The predicted molar refractivity (Wildman–Crippen MR) is 79.3 cm³/mol. The lowest BCUT2D eigenvalue weighted by Gasteiger charge is -2.40. The largest absolute Gasteiger partial charge is 0.377 e. The molecule has 1 saturated carbocycles. The number of hydrogen-bond donors (Lipinski definition) is 2. The molecular formula is C16H21N3O. The fraction of sp³-hybridized carbons (Fsp3) is 0.438. The van der Waals surface area contributed by atoms with Crippen molar-refractivity contribution in [3.63, 3.8) is 0 Å². The van der Waals surface area contributed by atoms with Crippen molar-refractivity contribution in [3.05, 3.63) is 42.1 Å². The fourth-order valence-electron chi connectivity index (χ4n) is 2.75. The third-order valence-corrected chi connectivity index (χ3v) is 4.24. The van der Waals surface area contributed by atoms with Gasteiger partial charge in [0.05, 0.1) is 17.5 Å². The SMILES string of the molecule is COC1(CNCc2cn[nH]c2-c2ccccc2)CCC1. The van der Waals surface area contributed by atoms with E-state index in [0.29, 0.717) is 0 Å². The van der Waals surface area contributed by atoms with Crippen LogP contribution in [-0.2, 0) is 11.3 Å². The standard InChI is InChI=1S/C16H21N3O/c1-20-16(8-5-9-16)12-17-10-14-11-18-19-15(14)13-6-3-2-4-7-13/h2-4,6-7,11,17H,5,8-10,12H2,1H3,(H,18,19). The van der Waals surface area contributed by atoms with Gasteiger partial charge >= 0.3 is 0 Å². The number of benzene rings is 1. The minimum atomic E-state index is 0.0661. The maximum absolute atomic E-state index is 5.62. The zero-order valence-corrected chi connectivity index (χ0v) is 11.9. The second-order valence-electron chi connectivity index (χ2n) is 5.48. The molecule has 0 amide bonds. The highest BCUT2D eigenvalue weighted by Gasteiger charge is 2.36. The highest BCUT2D eigenvalue weighted by Crippen LogP contribution is 2.34. The van der Waals surface area contributed by atoms with Crippen LogP contribution in [0.15, 0.2) is 36.5 Å². The van der Waals surface area contributed by atoms with Gasteiger partial charge in [-0.25, -0.2) is 0 Å². The molecule has 0 bridgehead atoms. The number of ether oxygens (including phenoxy) is 1. The van der Waals surface area contributed by atoms with E-state index in [-0.39, 0.29) is 5.60 Å². The lowest BCUT2D eigenvalue weighted by Crippen LogP contribution is -2.47. The summed E-state index contributed by atoms with van der Waals surface area (Å²) in [5, 5.41) is 10.8. The predicted octanol–water partition coefficient (Wildman–Crippen LogP) is 2.74. The molecule has 0 saturated heterocycles. The van der Waals surface area contributed by atoms with E-state index in [1.807, 2.05) is 31.5 Å². The van der Waals surface area contributed by atoms with Crippen LogP contribution < -0.4 is 5.32 Å². The van der Waals surface area contributed by atoms with Gasteiger partial charge in [-0.05, 0) is 24.8 Å². The Morgan fingerprint density at radius 1 is 1.30 bits per heavy atom. The second kappa shape index (κ2) is 5.77. The van der Waals surface area contributed by atoms with Crippen LogP contribution in [0.1, 0.15) is 24.8 Å². The number of rotatable bonds is 6. The molecule has 1 aromatic carbocycles. The number of methoxy groups -OCH3 is 1. The van der Waals surface area contributed by atoms with Gasteiger partial charge in [0.2, 0.25) is 0 Å². The summed E-state index contributed by atoms with van der Waals surface area (Å²) >= 11 is 0. The summed E-state index contributed by atoms with van der Waals surface area (Å²) in [6, 6.07) is 10.3. The van der Waals surface area contributed by atoms with Crippen molar-refractivity contribution in [2.24, 2.45) is 0 Å². The molecule has 0 spiro atoms. The molecule has 1 aromatic heterocycles. The third kappa shape index (κ3) is 2.62. The maximum Gasteiger partial charge on any atom is 0.0802 e. The molecule has 0 unspecified atom stereocenters.